The molecule has 3 heteroatoms. The second-order valence-electron chi connectivity index (χ2n) is 8.68. The van der Waals surface area contributed by atoms with Gasteiger partial charge in [0.15, 0.2) is 5.78 Å². The summed E-state index contributed by atoms with van der Waals surface area (Å²) in [5.74, 6) is 1.43. The molecule has 1 N–H and O–H groups in total. The predicted molar refractivity (Wildman–Crippen MR) is 131 cm³/mol. The summed E-state index contributed by atoms with van der Waals surface area (Å²) >= 11 is 0. The van der Waals surface area contributed by atoms with Crippen molar-refractivity contribution in [1.29, 1.82) is 0 Å². The predicted octanol–water partition coefficient (Wildman–Crippen LogP) is 7.16. The maximum atomic E-state index is 12.2. The number of hydrogen-bond acceptors (Lipinski definition) is 2. The molecule has 0 aromatic heterocycles. The average molecular weight is 422 g/mol. The topological polar surface area (TPSA) is 46.2 Å². The van der Waals surface area contributed by atoms with Crippen molar-refractivity contribution < 1.29 is 9.59 Å². The Balaban J connectivity index is 0.000000245. The van der Waals surface area contributed by atoms with Gasteiger partial charge in [0.1, 0.15) is 0 Å². The van der Waals surface area contributed by atoms with Gasteiger partial charge >= 0.3 is 0 Å². The summed E-state index contributed by atoms with van der Waals surface area (Å²) in [6.45, 7) is 10.1. The maximum Gasteiger partial charge on any atom is 0.227 e. The van der Waals surface area contributed by atoms with Crippen molar-refractivity contribution in [3.63, 3.8) is 0 Å². The summed E-state index contributed by atoms with van der Waals surface area (Å²) in [5.41, 5.74) is 5.51. The molecule has 1 amide bonds. The van der Waals surface area contributed by atoms with Crippen LogP contribution in [0, 0.1) is 18.8 Å². The molecule has 1 fully saturated rings. The molecule has 1 aliphatic rings. The lowest BCUT2D eigenvalue weighted by atomic mass is 9.80. The third kappa shape index (κ3) is 7.34. The standard InChI is InChI=1S/C17H25NO.C11H14O/c1-3-13-5-9-15(10-6-13)17(19)18-16-11-7-14(4-2)8-12-16;1-4-10-8(2)6-5-7-11(10)9(3)12/h7-8,11-13,15H,3-6,9-10H2,1-2H3,(H,18,19);5-7H,4H2,1-3H3. The van der Waals surface area contributed by atoms with Crippen LogP contribution in [0.4, 0.5) is 5.69 Å². The van der Waals surface area contributed by atoms with Gasteiger partial charge in [-0.3, -0.25) is 9.59 Å². The highest BCUT2D eigenvalue weighted by molar-refractivity contribution is 5.95. The number of ketones is 1. The van der Waals surface area contributed by atoms with Crippen LogP contribution in [0.15, 0.2) is 42.5 Å². The van der Waals surface area contributed by atoms with E-state index in [0.29, 0.717) is 0 Å². The molecule has 3 nitrogen and oxygen atoms in total. The van der Waals surface area contributed by atoms with Crippen LogP contribution in [0.25, 0.3) is 0 Å². The summed E-state index contributed by atoms with van der Waals surface area (Å²) in [6.07, 6.45) is 7.76. The van der Waals surface area contributed by atoms with Gasteiger partial charge in [0, 0.05) is 17.2 Å². The van der Waals surface area contributed by atoms with E-state index in [9.17, 15) is 9.59 Å². The van der Waals surface area contributed by atoms with E-state index in [1.54, 1.807) is 6.92 Å². The van der Waals surface area contributed by atoms with Gasteiger partial charge < -0.3 is 5.32 Å². The van der Waals surface area contributed by atoms with Crippen LogP contribution in [-0.4, -0.2) is 11.7 Å². The maximum absolute atomic E-state index is 12.2. The van der Waals surface area contributed by atoms with E-state index in [1.807, 2.05) is 37.3 Å². The Morgan fingerprint density at radius 2 is 1.55 bits per heavy atom. The second-order valence-corrected chi connectivity index (χ2v) is 8.68. The molecule has 0 atom stereocenters. The summed E-state index contributed by atoms with van der Waals surface area (Å²) < 4.78 is 0. The highest BCUT2D eigenvalue weighted by atomic mass is 16.2. The van der Waals surface area contributed by atoms with Crippen LogP contribution in [0.2, 0.25) is 0 Å². The first-order chi connectivity index (χ1) is 14.9. The van der Waals surface area contributed by atoms with Crippen molar-refractivity contribution >= 4 is 17.4 Å². The number of carbonyl (C=O) groups is 2. The molecular formula is C28H39NO2. The van der Waals surface area contributed by atoms with E-state index in [0.717, 1.165) is 42.9 Å². The molecule has 1 aliphatic carbocycles. The normalized spacial score (nSPS) is 18.0. The van der Waals surface area contributed by atoms with E-state index in [-0.39, 0.29) is 17.6 Å². The minimum atomic E-state index is 0.163. The average Bonchev–Trinajstić information content (AvgIpc) is 2.79. The Morgan fingerprint density at radius 1 is 0.903 bits per heavy atom. The highest BCUT2D eigenvalue weighted by Crippen LogP contribution is 2.31. The van der Waals surface area contributed by atoms with Gasteiger partial charge in [-0.2, -0.15) is 0 Å². The van der Waals surface area contributed by atoms with Gasteiger partial charge in [0.2, 0.25) is 5.91 Å². The fourth-order valence-corrected chi connectivity index (χ4v) is 4.40. The molecule has 1 saturated carbocycles. The first kappa shape index (κ1) is 24.8. The molecule has 0 saturated heterocycles. The van der Waals surface area contributed by atoms with E-state index >= 15 is 0 Å². The lowest BCUT2D eigenvalue weighted by molar-refractivity contribution is -0.121. The third-order valence-electron chi connectivity index (χ3n) is 6.57. The van der Waals surface area contributed by atoms with E-state index < -0.39 is 0 Å². The smallest absolute Gasteiger partial charge is 0.227 e. The van der Waals surface area contributed by atoms with Crippen LogP contribution in [0.5, 0.6) is 0 Å². The number of amides is 1. The van der Waals surface area contributed by atoms with Gasteiger partial charge in [-0.15, -0.1) is 0 Å². The van der Waals surface area contributed by atoms with Gasteiger partial charge in [-0.05, 0) is 87.1 Å². The van der Waals surface area contributed by atoms with Gasteiger partial charge in [-0.1, -0.05) is 57.5 Å². The lowest BCUT2D eigenvalue weighted by Crippen LogP contribution is -2.27. The van der Waals surface area contributed by atoms with Gasteiger partial charge in [0.05, 0.1) is 0 Å². The van der Waals surface area contributed by atoms with Crippen LogP contribution >= 0.6 is 0 Å². The van der Waals surface area contributed by atoms with Crippen molar-refractivity contribution in [2.24, 2.45) is 11.8 Å². The Kier molecular flexibility index (Phi) is 9.97. The van der Waals surface area contributed by atoms with Crippen molar-refractivity contribution in [2.75, 3.05) is 5.32 Å². The molecular weight excluding hydrogens is 382 g/mol. The van der Waals surface area contributed by atoms with Crippen molar-refractivity contribution in [3.05, 3.63) is 64.7 Å². The van der Waals surface area contributed by atoms with Crippen molar-refractivity contribution in [1.82, 2.24) is 0 Å². The van der Waals surface area contributed by atoms with E-state index in [4.69, 9.17) is 0 Å². The van der Waals surface area contributed by atoms with E-state index in [2.05, 4.69) is 38.2 Å². The Labute approximate surface area is 188 Å². The first-order valence-electron chi connectivity index (χ1n) is 11.9. The Hall–Kier alpha value is -2.42. The summed E-state index contributed by atoms with van der Waals surface area (Å²) in [4.78, 5) is 23.4. The zero-order valence-corrected chi connectivity index (χ0v) is 20.0. The number of carbonyl (C=O) groups excluding carboxylic acids is 2. The molecule has 3 rings (SSSR count). The minimum Gasteiger partial charge on any atom is -0.326 e. The summed E-state index contributed by atoms with van der Waals surface area (Å²) in [7, 11) is 0. The zero-order valence-electron chi connectivity index (χ0n) is 20.0. The Bertz CT molecular complexity index is 846. The number of aryl methyl sites for hydroxylation is 2. The molecule has 0 bridgehead atoms. The number of anilines is 1. The van der Waals surface area contributed by atoms with Crippen LogP contribution in [0.3, 0.4) is 0 Å². The van der Waals surface area contributed by atoms with Gasteiger partial charge in [0.25, 0.3) is 0 Å². The van der Waals surface area contributed by atoms with Crippen molar-refractivity contribution in [2.45, 2.75) is 79.6 Å². The third-order valence-corrected chi connectivity index (χ3v) is 6.57. The van der Waals surface area contributed by atoms with Crippen LogP contribution in [0.1, 0.15) is 86.8 Å². The van der Waals surface area contributed by atoms with Crippen LogP contribution in [-0.2, 0) is 17.6 Å². The SMILES string of the molecule is CCc1c(C)cccc1C(C)=O.CCc1ccc(NC(=O)C2CCC(CC)CC2)cc1. The molecule has 0 aliphatic heterocycles. The number of benzene rings is 2. The van der Waals surface area contributed by atoms with Crippen LogP contribution < -0.4 is 5.32 Å². The number of Topliss-reactive ketones (excluding diaryl/α,β-unsaturated/α-hetero) is 1. The molecule has 31 heavy (non-hydrogen) atoms. The molecule has 2 aromatic rings. The molecule has 168 valence electrons. The number of rotatable bonds is 6. The fraction of sp³-hybridized carbons (Fsp3) is 0.500. The quantitative estimate of drug-likeness (QED) is 0.503. The van der Waals surface area contributed by atoms with Gasteiger partial charge in [-0.25, -0.2) is 0 Å². The largest absolute Gasteiger partial charge is 0.326 e. The monoisotopic (exact) mass is 421 g/mol. The Morgan fingerprint density at radius 3 is 2.03 bits per heavy atom. The number of nitrogens with one attached hydrogen (secondary N) is 1. The molecule has 0 heterocycles. The lowest BCUT2D eigenvalue weighted by Gasteiger charge is -2.26. The fourth-order valence-electron chi connectivity index (χ4n) is 4.40. The second kappa shape index (κ2) is 12.4. The van der Waals surface area contributed by atoms with Crippen molar-refractivity contribution in [3.8, 4) is 0 Å². The molecule has 0 radical (unpaired) electrons. The molecule has 0 spiro atoms. The summed E-state index contributed by atoms with van der Waals surface area (Å²) in [6, 6.07) is 14.1. The highest BCUT2D eigenvalue weighted by Gasteiger charge is 2.25. The zero-order chi connectivity index (χ0) is 22.8. The first-order valence-corrected chi connectivity index (χ1v) is 11.9. The van der Waals surface area contributed by atoms with E-state index in [1.165, 1.54) is 36.0 Å². The summed E-state index contributed by atoms with van der Waals surface area (Å²) in [5, 5.41) is 3.06. The minimum absolute atomic E-state index is 0.163. The molecule has 2 aromatic carbocycles. The molecule has 0 unspecified atom stereocenters. The number of hydrogen-bond donors (Lipinski definition) is 1.